The first kappa shape index (κ1) is 15.4. The molecule has 22 heavy (non-hydrogen) atoms. The molecule has 10 nitrogen and oxygen atoms in total. The van der Waals surface area contributed by atoms with Gasteiger partial charge in [-0.25, -0.2) is 0 Å². The Kier molecular flexibility index (Phi) is 3.69. The van der Waals surface area contributed by atoms with Gasteiger partial charge in [-0.2, -0.15) is 4.98 Å². The summed E-state index contributed by atoms with van der Waals surface area (Å²) in [5.41, 5.74) is 4.69. The molecular weight excluding hydrogens is 314 g/mol. The van der Waals surface area contributed by atoms with Gasteiger partial charge in [0.1, 0.15) is 24.0 Å². The van der Waals surface area contributed by atoms with E-state index in [0.717, 1.165) is 0 Å². The summed E-state index contributed by atoms with van der Waals surface area (Å²) in [6.45, 7) is -0.451. The molecule has 2 aliphatic heterocycles. The first-order valence-corrected chi connectivity index (χ1v) is 7.10. The number of nitrogens with one attached hydrogen (secondary N) is 1. The van der Waals surface area contributed by atoms with E-state index < -0.39 is 42.2 Å². The van der Waals surface area contributed by atoms with Crippen molar-refractivity contribution in [3.05, 3.63) is 10.4 Å². The van der Waals surface area contributed by atoms with E-state index in [1.54, 1.807) is 11.9 Å². The highest BCUT2D eigenvalue weighted by molar-refractivity contribution is 7.81. The van der Waals surface area contributed by atoms with Gasteiger partial charge in [0.15, 0.2) is 17.5 Å². The van der Waals surface area contributed by atoms with Crippen LogP contribution >= 0.6 is 12.6 Å². The third-order valence-corrected chi connectivity index (χ3v) is 4.47. The number of aromatic amines is 1. The lowest BCUT2D eigenvalue weighted by Gasteiger charge is -2.32. The molecule has 6 N–H and O–H groups in total. The van der Waals surface area contributed by atoms with Crippen molar-refractivity contribution in [1.82, 2.24) is 9.97 Å². The first-order chi connectivity index (χ1) is 10.4. The van der Waals surface area contributed by atoms with Crippen LogP contribution in [0.4, 0.5) is 17.5 Å². The number of ether oxygens (including phenoxy) is 1. The Labute approximate surface area is 130 Å². The normalized spacial score (nSPS) is 34.3. The van der Waals surface area contributed by atoms with Crippen LogP contribution in [0.5, 0.6) is 0 Å². The molecule has 2 aliphatic rings. The number of anilines is 3. The number of nitrogens with zero attached hydrogens (tertiary/aromatic N) is 3. The molecule has 0 spiro atoms. The van der Waals surface area contributed by atoms with E-state index >= 15 is 0 Å². The summed E-state index contributed by atoms with van der Waals surface area (Å²) in [4.78, 5) is 21.5. The molecule has 0 amide bonds. The zero-order valence-corrected chi connectivity index (χ0v) is 12.5. The van der Waals surface area contributed by atoms with Crippen molar-refractivity contribution in [2.24, 2.45) is 0 Å². The first-order valence-electron chi connectivity index (χ1n) is 6.58. The van der Waals surface area contributed by atoms with E-state index in [-0.39, 0.29) is 17.5 Å². The summed E-state index contributed by atoms with van der Waals surface area (Å²) in [5, 5.41) is 29.2. The molecule has 1 unspecified atom stereocenters. The fourth-order valence-corrected chi connectivity index (χ4v) is 3.10. The molecule has 1 saturated heterocycles. The number of hydrogen-bond acceptors (Lipinski definition) is 10. The summed E-state index contributed by atoms with van der Waals surface area (Å²) >= 11 is 4.40. The third-order valence-electron chi connectivity index (χ3n) is 3.88. The van der Waals surface area contributed by atoms with Crippen LogP contribution in [0, 0.1) is 0 Å². The predicted molar refractivity (Wildman–Crippen MR) is 80.7 cm³/mol. The van der Waals surface area contributed by atoms with Crippen molar-refractivity contribution < 1.29 is 20.1 Å². The number of aliphatic hydroxyl groups excluding tert-OH is 3. The summed E-state index contributed by atoms with van der Waals surface area (Å²) in [6.07, 6.45) is -4.51. The summed E-state index contributed by atoms with van der Waals surface area (Å²) < 4.78 is 5.48. The standard InChI is InChI=1S/C11H17N5O5S/c1-15-4-7(13-10(12)14-8(4)20)16(11(15)22)9-6(19)5(18)3(2-17)21-9/h3,5-6,9,11,17-19,22H,2H2,1H3,(H3,12,13,14,20)/t3-,5-,6-,9-,11?/m1/s1. The van der Waals surface area contributed by atoms with Gasteiger partial charge in [0.05, 0.1) is 6.61 Å². The van der Waals surface area contributed by atoms with Gasteiger partial charge in [-0.15, -0.1) is 12.6 Å². The number of nitrogens with two attached hydrogens (primary N) is 1. The SMILES string of the molecule is CN1c2c(nc(N)[nH]c2=O)N([C@@H]2O[C@H](CO)[C@@H](O)[C@H]2O)C1S. The van der Waals surface area contributed by atoms with Gasteiger partial charge in [-0.1, -0.05) is 0 Å². The van der Waals surface area contributed by atoms with E-state index in [0.29, 0.717) is 0 Å². The minimum atomic E-state index is -1.30. The van der Waals surface area contributed by atoms with Crippen LogP contribution in [0.25, 0.3) is 0 Å². The molecule has 0 radical (unpaired) electrons. The molecule has 1 fully saturated rings. The van der Waals surface area contributed by atoms with Crippen molar-refractivity contribution in [2.45, 2.75) is 30.0 Å². The third kappa shape index (κ3) is 2.05. The fourth-order valence-electron chi connectivity index (χ4n) is 2.74. The van der Waals surface area contributed by atoms with Gasteiger partial charge in [0.25, 0.3) is 5.56 Å². The second-order valence-corrected chi connectivity index (χ2v) is 5.68. The monoisotopic (exact) mass is 331 g/mol. The lowest BCUT2D eigenvalue weighted by atomic mass is 10.1. The summed E-state index contributed by atoms with van der Waals surface area (Å²) in [6, 6.07) is 0. The lowest BCUT2D eigenvalue weighted by Crippen LogP contribution is -2.49. The number of rotatable bonds is 2. The van der Waals surface area contributed by atoms with Crippen LogP contribution in [0.15, 0.2) is 4.79 Å². The number of fused-ring (bicyclic) bond motifs is 1. The smallest absolute Gasteiger partial charge is 0.278 e. The molecule has 1 aromatic heterocycles. The number of aromatic nitrogens is 2. The van der Waals surface area contributed by atoms with Crippen molar-refractivity contribution in [1.29, 1.82) is 0 Å². The zero-order valence-electron chi connectivity index (χ0n) is 11.6. The Morgan fingerprint density at radius 3 is 2.73 bits per heavy atom. The van der Waals surface area contributed by atoms with Gasteiger partial charge in [-0.05, 0) is 0 Å². The number of nitrogen functional groups attached to an aromatic ring is 1. The summed E-state index contributed by atoms with van der Waals surface area (Å²) in [5.74, 6) is 0.106. The maximum atomic E-state index is 12.0. The van der Waals surface area contributed by atoms with E-state index in [4.69, 9.17) is 10.5 Å². The Morgan fingerprint density at radius 1 is 1.45 bits per heavy atom. The number of aliphatic hydroxyl groups is 3. The highest BCUT2D eigenvalue weighted by atomic mass is 32.1. The van der Waals surface area contributed by atoms with Crippen LogP contribution in [-0.2, 0) is 4.74 Å². The maximum absolute atomic E-state index is 12.0. The number of hydrogen-bond donors (Lipinski definition) is 6. The van der Waals surface area contributed by atoms with Crippen molar-refractivity contribution in [2.75, 3.05) is 29.2 Å². The molecule has 3 rings (SSSR count). The number of H-pyrrole nitrogens is 1. The van der Waals surface area contributed by atoms with Gasteiger partial charge in [0, 0.05) is 7.05 Å². The molecule has 1 aromatic rings. The molecule has 3 heterocycles. The van der Waals surface area contributed by atoms with Crippen LogP contribution < -0.4 is 21.1 Å². The molecule has 0 bridgehead atoms. The fraction of sp³-hybridized carbons (Fsp3) is 0.636. The molecule has 122 valence electrons. The molecular formula is C11H17N5O5S. The van der Waals surface area contributed by atoms with Gasteiger partial charge < -0.3 is 30.7 Å². The van der Waals surface area contributed by atoms with Crippen LogP contribution in [0.1, 0.15) is 0 Å². The van der Waals surface area contributed by atoms with Gasteiger partial charge >= 0.3 is 0 Å². The van der Waals surface area contributed by atoms with Crippen LogP contribution in [0.3, 0.4) is 0 Å². The largest absolute Gasteiger partial charge is 0.394 e. The van der Waals surface area contributed by atoms with Crippen LogP contribution in [-0.4, -0.2) is 69.0 Å². The maximum Gasteiger partial charge on any atom is 0.278 e. The average Bonchev–Trinajstić information content (AvgIpc) is 2.87. The Hall–Kier alpha value is -1.53. The van der Waals surface area contributed by atoms with Gasteiger partial charge in [-0.3, -0.25) is 14.7 Å². The van der Waals surface area contributed by atoms with E-state index in [1.165, 1.54) is 4.90 Å². The Bertz CT molecular complexity index is 642. The van der Waals surface area contributed by atoms with E-state index in [2.05, 4.69) is 22.6 Å². The minimum Gasteiger partial charge on any atom is -0.394 e. The molecule has 11 heteroatoms. The van der Waals surface area contributed by atoms with Crippen molar-refractivity contribution in [3.8, 4) is 0 Å². The average molecular weight is 331 g/mol. The predicted octanol–water partition coefficient (Wildman–Crippen LogP) is -2.74. The van der Waals surface area contributed by atoms with E-state index in [1.807, 2.05) is 0 Å². The summed E-state index contributed by atoms with van der Waals surface area (Å²) in [7, 11) is 1.63. The minimum absolute atomic E-state index is 0.0867. The van der Waals surface area contributed by atoms with Crippen molar-refractivity contribution >= 4 is 30.1 Å². The number of thiol groups is 1. The van der Waals surface area contributed by atoms with Crippen LogP contribution in [0.2, 0.25) is 0 Å². The van der Waals surface area contributed by atoms with E-state index in [9.17, 15) is 20.1 Å². The quantitative estimate of drug-likeness (QED) is 0.317. The molecule has 0 aliphatic carbocycles. The lowest BCUT2D eigenvalue weighted by molar-refractivity contribution is -0.0227. The topological polar surface area (TPSA) is 148 Å². The second kappa shape index (κ2) is 5.28. The second-order valence-electron chi connectivity index (χ2n) is 5.22. The Balaban J connectivity index is 2.05. The van der Waals surface area contributed by atoms with Gasteiger partial charge in [0.2, 0.25) is 5.95 Å². The molecule has 0 saturated carbocycles. The Morgan fingerprint density at radius 2 is 2.14 bits per heavy atom. The van der Waals surface area contributed by atoms with Crippen molar-refractivity contribution in [3.63, 3.8) is 0 Å². The molecule has 5 atom stereocenters. The molecule has 0 aromatic carbocycles. The highest BCUT2D eigenvalue weighted by Gasteiger charge is 2.50. The zero-order chi connectivity index (χ0) is 16.2. The highest BCUT2D eigenvalue weighted by Crippen LogP contribution is 2.40.